The number of amides is 1. The number of hydrogen-bond donors (Lipinski definition) is 2. The summed E-state index contributed by atoms with van der Waals surface area (Å²) < 4.78 is 7.38. The molecule has 2 unspecified atom stereocenters. The molecule has 9 nitrogen and oxygen atoms in total. The van der Waals surface area contributed by atoms with Gasteiger partial charge in [-0.25, -0.2) is 9.67 Å². The van der Waals surface area contributed by atoms with Gasteiger partial charge in [-0.1, -0.05) is 6.92 Å². The molecule has 2 aliphatic rings. The van der Waals surface area contributed by atoms with Crippen LogP contribution in [0, 0.1) is 5.92 Å². The maximum absolute atomic E-state index is 12.8. The number of carbonyl (C=O) groups excluding carboxylic acids is 1. The number of carbonyl (C=O) groups is 1. The van der Waals surface area contributed by atoms with Crippen molar-refractivity contribution in [2.75, 3.05) is 26.3 Å². The summed E-state index contributed by atoms with van der Waals surface area (Å²) in [6.07, 6.45) is 3.38. The number of thiophene rings is 1. The number of nitrogens with zero attached hydrogens (tertiary/aromatic N) is 4. The highest BCUT2D eigenvalue weighted by Gasteiger charge is 2.33. The lowest BCUT2D eigenvalue weighted by Gasteiger charge is -2.23. The lowest BCUT2D eigenvalue weighted by molar-refractivity contribution is 0.0673. The van der Waals surface area contributed by atoms with E-state index in [1.54, 1.807) is 12.3 Å². The predicted octanol–water partition coefficient (Wildman–Crippen LogP) is 1.87. The zero-order chi connectivity index (χ0) is 21.5. The van der Waals surface area contributed by atoms with E-state index in [2.05, 4.69) is 21.9 Å². The number of aromatic nitrogens is 4. The molecule has 31 heavy (non-hydrogen) atoms. The third kappa shape index (κ3) is 3.90. The minimum Gasteiger partial charge on any atom is -0.381 e. The number of H-pyrrole nitrogens is 1. The molecule has 10 heteroatoms. The summed E-state index contributed by atoms with van der Waals surface area (Å²) in [4.78, 5) is 36.1. The number of likely N-dealkylation sites (tertiary alicyclic amines) is 1. The average molecular weight is 443 g/mol. The van der Waals surface area contributed by atoms with Crippen LogP contribution < -0.4 is 11.3 Å². The molecular weight excluding hydrogens is 416 g/mol. The first-order valence-electron chi connectivity index (χ1n) is 10.7. The molecule has 2 atom stereocenters. The zero-order valence-electron chi connectivity index (χ0n) is 17.4. The van der Waals surface area contributed by atoms with E-state index in [0.717, 1.165) is 43.2 Å². The van der Waals surface area contributed by atoms with Gasteiger partial charge in [0.15, 0.2) is 5.65 Å². The quantitative estimate of drug-likeness (QED) is 0.623. The summed E-state index contributed by atoms with van der Waals surface area (Å²) in [5, 5.41) is 5.02. The van der Waals surface area contributed by atoms with E-state index in [9.17, 15) is 9.59 Å². The molecule has 2 fully saturated rings. The Kier molecular flexibility index (Phi) is 5.37. The predicted molar refractivity (Wildman–Crippen MR) is 117 cm³/mol. The number of fused-ring (bicyclic) bond motifs is 1. The van der Waals surface area contributed by atoms with Crippen molar-refractivity contribution in [1.29, 1.82) is 0 Å². The topological polar surface area (TPSA) is 119 Å². The van der Waals surface area contributed by atoms with Crippen molar-refractivity contribution in [2.45, 2.75) is 38.3 Å². The highest BCUT2D eigenvalue weighted by Crippen LogP contribution is 2.33. The van der Waals surface area contributed by atoms with Crippen LogP contribution in [-0.2, 0) is 11.3 Å². The van der Waals surface area contributed by atoms with E-state index >= 15 is 0 Å². The highest BCUT2D eigenvalue weighted by atomic mass is 32.1. The van der Waals surface area contributed by atoms with Crippen LogP contribution in [0.5, 0.6) is 0 Å². The Morgan fingerprint density at radius 1 is 1.32 bits per heavy atom. The van der Waals surface area contributed by atoms with E-state index in [1.807, 2.05) is 10.7 Å². The van der Waals surface area contributed by atoms with E-state index in [1.165, 1.54) is 11.3 Å². The molecule has 0 aliphatic carbocycles. The fraction of sp³-hybridized carbons (Fsp3) is 0.524. The van der Waals surface area contributed by atoms with Gasteiger partial charge in [-0.3, -0.25) is 14.5 Å². The van der Waals surface area contributed by atoms with Gasteiger partial charge in [0.1, 0.15) is 11.2 Å². The van der Waals surface area contributed by atoms with Gasteiger partial charge in [0, 0.05) is 43.6 Å². The first-order valence-corrected chi connectivity index (χ1v) is 11.5. The molecule has 0 aromatic carbocycles. The van der Waals surface area contributed by atoms with Crippen molar-refractivity contribution in [1.82, 2.24) is 24.6 Å². The lowest BCUT2D eigenvalue weighted by atomic mass is 9.97. The SMILES string of the molecule is CC1CN(Cc2ccc(C(N)=O)s2)CC1c1nc2c(cnn2C2CCOCC2)c(=O)[nH]1. The number of ether oxygens (including phenoxy) is 1. The molecule has 0 radical (unpaired) electrons. The maximum Gasteiger partial charge on any atom is 0.262 e. The summed E-state index contributed by atoms with van der Waals surface area (Å²) in [5.74, 6) is 0.812. The molecule has 5 heterocycles. The molecule has 2 aliphatic heterocycles. The Morgan fingerprint density at radius 3 is 2.87 bits per heavy atom. The van der Waals surface area contributed by atoms with Crippen molar-refractivity contribution in [3.05, 3.63) is 44.3 Å². The molecule has 3 aromatic rings. The zero-order valence-corrected chi connectivity index (χ0v) is 18.2. The number of primary amides is 1. The smallest absolute Gasteiger partial charge is 0.262 e. The fourth-order valence-electron chi connectivity index (χ4n) is 4.69. The van der Waals surface area contributed by atoms with E-state index < -0.39 is 0 Å². The molecule has 1 amide bonds. The number of aromatic amines is 1. The van der Waals surface area contributed by atoms with Crippen LogP contribution in [0.2, 0.25) is 0 Å². The van der Waals surface area contributed by atoms with E-state index in [4.69, 9.17) is 15.5 Å². The van der Waals surface area contributed by atoms with Crippen molar-refractivity contribution in [3.8, 4) is 0 Å². The normalized spacial score (nSPS) is 23.0. The Balaban J connectivity index is 1.39. The number of nitrogens with two attached hydrogens (primary N) is 1. The van der Waals surface area contributed by atoms with Crippen LogP contribution in [0.4, 0.5) is 0 Å². The molecule has 0 bridgehead atoms. The molecule has 3 aromatic heterocycles. The van der Waals surface area contributed by atoms with Gasteiger partial charge in [0.2, 0.25) is 0 Å². The molecule has 164 valence electrons. The van der Waals surface area contributed by atoms with Crippen LogP contribution in [0.15, 0.2) is 23.1 Å². The third-order valence-electron chi connectivity index (χ3n) is 6.34. The largest absolute Gasteiger partial charge is 0.381 e. The second kappa shape index (κ2) is 8.18. The molecule has 0 saturated carbocycles. The lowest BCUT2D eigenvalue weighted by Crippen LogP contribution is -2.23. The van der Waals surface area contributed by atoms with Crippen molar-refractivity contribution >= 4 is 28.3 Å². The Bertz CT molecular complexity index is 1160. The molecule has 0 spiro atoms. The van der Waals surface area contributed by atoms with Gasteiger partial charge in [-0.2, -0.15) is 5.10 Å². The van der Waals surface area contributed by atoms with E-state index in [0.29, 0.717) is 35.0 Å². The number of hydrogen-bond acceptors (Lipinski definition) is 7. The van der Waals surface area contributed by atoms with Crippen LogP contribution >= 0.6 is 11.3 Å². The first-order chi connectivity index (χ1) is 15.0. The summed E-state index contributed by atoms with van der Waals surface area (Å²) in [6, 6.07) is 3.95. The molecule has 2 saturated heterocycles. The average Bonchev–Trinajstić information content (AvgIpc) is 3.47. The molecule has 5 rings (SSSR count). The summed E-state index contributed by atoms with van der Waals surface area (Å²) in [6.45, 7) is 6.05. The fourth-order valence-corrected chi connectivity index (χ4v) is 5.60. The van der Waals surface area contributed by atoms with E-state index in [-0.39, 0.29) is 23.4 Å². The minimum absolute atomic E-state index is 0.130. The molecular formula is C21H26N6O3S. The third-order valence-corrected chi connectivity index (χ3v) is 7.43. The maximum atomic E-state index is 12.8. The second-order valence-electron chi connectivity index (χ2n) is 8.53. The summed E-state index contributed by atoms with van der Waals surface area (Å²) in [7, 11) is 0. The highest BCUT2D eigenvalue weighted by molar-refractivity contribution is 7.14. The minimum atomic E-state index is -0.389. The van der Waals surface area contributed by atoms with Crippen LogP contribution in [0.3, 0.4) is 0 Å². The van der Waals surface area contributed by atoms with Gasteiger partial charge in [0.05, 0.1) is 17.1 Å². The van der Waals surface area contributed by atoms with Crippen molar-refractivity contribution < 1.29 is 9.53 Å². The van der Waals surface area contributed by atoms with Crippen molar-refractivity contribution in [3.63, 3.8) is 0 Å². The van der Waals surface area contributed by atoms with Crippen LogP contribution in [0.25, 0.3) is 11.0 Å². The summed E-state index contributed by atoms with van der Waals surface area (Å²) >= 11 is 1.44. The van der Waals surface area contributed by atoms with Gasteiger partial charge in [-0.15, -0.1) is 11.3 Å². The standard InChI is InChI=1S/C21H26N6O3S/c1-12-9-26(10-14-2-3-17(31-14)18(22)28)11-16(12)19-24-20-15(21(29)25-19)8-23-27(20)13-4-6-30-7-5-13/h2-3,8,12-13,16H,4-7,9-11H2,1H3,(H2,22,28)(H,24,25,29). The van der Waals surface area contributed by atoms with Crippen molar-refractivity contribution in [2.24, 2.45) is 11.7 Å². The van der Waals surface area contributed by atoms with Gasteiger partial charge in [-0.05, 0) is 30.9 Å². The van der Waals surface area contributed by atoms with Gasteiger partial charge < -0.3 is 15.5 Å². The van der Waals surface area contributed by atoms with Crippen LogP contribution in [-0.4, -0.2) is 56.9 Å². The number of rotatable bonds is 5. The Morgan fingerprint density at radius 2 is 2.13 bits per heavy atom. The first kappa shape index (κ1) is 20.3. The van der Waals surface area contributed by atoms with Gasteiger partial charge >= 0.3 is 0 Å². The second-order valence-corrected chi connectivity index (χ2v) is 9.70. The van der Waals surface area contributed by atoms with Gasteiger partial charge in [0.25, 0.3) is 11.5 Å². The Labute approximate surface area is 183 Å². The molecule has 3 N–H and O–H groups in total. The number of nitrogens with one attached hydrogen (secondary N) is 1. The Hall–Kier alpha value is -2.56. The van der Waals surface area contributed by atoms with Crippen LogP contribution in [0.1, 0.15) is 52.1 Å². The monoisotopic (exact) mass is 442 g/mol. The summed E-state index contributed by atoms with van der Waals surface area (Å²) in [5.41, 5.74) is 5.91.